The van der Waals surface area contributed by atoms with Crippen LogP contribution in [0.3, 0.4) is 0 Å². The molecule has 7 heteroatoms. The molecular weight excluding hydrogens is 322 g/mol. The minimum Gasteiger partial charge on any atom is -0.356 e. The van der Waals surface area contributed by atoms with Crippen molar-refractivity contribution in [2.75, 3.05) is 6.54 Å². The Morgan fingerprint density at radius 3 is 2.72 bits per heavy atom. The van der Waals surface area contributed by atoms with E-state index in [1.807, 2.05) is 19.1 Å². The molecule has 0 spiro atoms. The Morgan fingerprint density at radius 1 is 1.44 bits per heavy atom. The van der Waals surface area contributed by atoms with E-state index in [1.54, 1.807) is 18.2 Å². The van der Waals surface area contributed by atoms with Gasteiger partial charge in [-0.3, -0.25) is 19.7 Å². The highest BCUT2D eigenvalue weighted by Crippen LogP contribution is 2.17. The second kappa shape index (κ2) is 8.77. The van der Waals surface area contributed by atoms with E-state index in [4.69, 9.17) is 0 Å². The molecule has 0 aromatic heterocycles. The summed E-state index contributed by atoms with van der Waals surface area (Å²) < 4.78 is 0. The van der Waals surface area contributed by atoms with Crippen LogP contribution in [0.4, 0.5) is 5.69 Å². The summed E-state index contributed by atoms with van der Waals surface area (Å²) in [5.41, 5.74) is 0.697. The standard InChI is InChI=1S/C18H21N3O4/c1-2-3-15(12-14-10-11-19-18(14)23)20-17(22)9-6-13-4-7-16(8-5-13)21(24)25/h2-9,14-15H,10-12H2,1H3,(H,19,23)(H,20,22)/b3-2+,9-6+. The molecule has 25 heavy (non-hydrogen) atoms. The number of nitro benzene ring substituents is 1. The van der Waals surface area contributed by atoms with Gasteiger partial charge in [-0.1, -0.05) is 12.2 Å². The van der Waals surface area contributed by atoms with Crippen LogP contribution in [0.1, 0.15) is 25.3 Å². The molecule has 1 fully saturated rings. The summed E-state index contributed by atoms with van der Waals surface area (Å²) in [6, 6.07) is 5.72. The Balaban J connectivity index is 1.93. The average molecular weight is 343 g/mol. The zero-order valence-corrected chi connectivity index (χ0v) is 14.0. The molecule has 0 aliphatic carbocycles. The number of nitrogens with zero attached hydrogens (tertiary/aromatic N) is 1. The summed E-state index contributed by atoms with van der Waals surface area (Å²) in [6.07, 6.45) is 8.02. The zero-order chi connectivity index (χ0) is 18.2. The molecular formula is C18H21N3O4. The van der Waals surface area contributed by atoms with Crippen LogP contribution >= 0.6 is 0 Å². The van der Waals surface area contributed by atoms with Crippen LogP contribution in [0.25, 0.3) is 6.08 Å². The SMILES string of the molecule is C/C=C/C(CC1CCNC1=O)NC(=O)/C=C/c1ccc([N+](=O)[O-])cc1. The van der Waals surface area contributed by atoms with Crippen LogP contribution < -0.4 is 10.6 Å². The zero-order valence-electron chi connectivity index (χ0n) is 14.0. The second-order valence-corrected chi connectivity index (χ2v) is 5.84. The van der Waals surface area contributed by atoms with Crippen molar-refractivity contribution in [2.24, 2.45) is 5.92 Å². The van der Waals surface area contributed by atoms with Gasteiger partial charge in [0.15, 0.2) is 0 Å². The van der Waals surface area contributed by atoms with E-state index < -0.39 is 4.92 Å². The van der Waals surface area contributed by atoms with Gasteiger partial charge >= 0.3 is 0 Å². The molecule has 2 rings (SSSR count). The Hall–Kier alpha value is -2.96. The molecule has 1 aromatic carbocycles. The van der Waals surface area contributed by atoms with Crippen LogP contribution in [0.15, 0.2) is 42.5 Å². The highest BCUT2D eigenvalue weighted by molar-refractivity contribution is 5.92. The summed E-state index contributed by atoms with van der Waals surface area (Å²) in [6.45, 7) is 2.54. The van der Waals surface area contributed by atoms with Crippen molar-refractivity contribution in [3.8, 4) is 0 Å². The van der Waals surface area contributed by atoms with E-state index in [0.29, 0.717) is 18.5 Å². The molecule has 1 saturated heterocycles. The fourth-order valence-electron chi connectivity index (χ4n) is 2.70. The van der Waals surface area contributed by atoms with Crippen LogP contribution in [0.5, 0.6) is 0 Å². The van der Waals surface area contributed by atoms with E-state index >= 15 is 0 Å². The fraction of sp³-hybridized carbons (Fsp3) is 0.333. The maximum absolute atomic E-state index is 12.1. The molecule has 0 saturated carbocycles. The number of nitrogens with one attached hydrogen (secondary N) is 2. The number of rotatable bonds is 7. The number of carbonyl (C=O) groups is 2. The van der Waals surface area contributed by atoms with Gasteiger partial charge in [0.05, 0.1) is 4.92 Å². The highest BCUT2D eigenvalue weighted by atomic mass is 16.6. The Bertz CT molecular complexity index is 695. The molecule has 2 unspecified atom stereocenters. The Kier molecular flexibility index (Phi) is 6.45. The van der Waals surface area contributed by atoms with Gasteiger partial charge in [-0.25, -0.2) is 0 Å². The van der Waals surface area contributed by atoms with Crippen molar-refractivity contribution in [3.05, 3.63) is 58.2 Å². The average Bonchev–Trinajstić information content (AvgIpc) is 2.98. The van der Waals surface area contributed by atoms with Gasteiger partial charge < -0.3 is 10.6 Å². The molecule has 1 aromatic rings. The lowest BCUT2D eigenvalue weighted by molar-refractivity contribution is -0.384. The molecule has 132 valence electrons. The van der Waals surface area contributed by atoms with Crippen molar-refractivity contribution in [2.45, 2.75) is 25.8 Å². The van der Waals surface area contributed by atoms with Gasteiger partial charge in [-0.05, 0) is 43.5 Å². The van der Waals surface area contributed by atoms with Crippen LogP contribution in [0, 0.1) is 16.0 Å². The van der Waals surface area contributed by atoms with E-state index in [-0.39, 0.29) is 29.5 Å². The number of nitro groups is 1. The van der Waals surface area contributed by atoms with E-state index in [0.717, 1.165) is 6.42 Å². The van der Waals surface area contributed by atoms with Crippen molar-refractivity contribution >= 4 is 23.6 Å². The summed E-state index contributed by atoms with van der Waals surface area (Å²) in [4.78, 5) is 33.9. The number of hydrogen-bond donors (Lipinski definition) is 2. The number of benzene rings is 1. The minimum absolute atomic E-state index is 0.00425. The summed E-state index contributed by atoms with van der Waals surface area (Å²) in [5.74, 6) is -0.329. The van der Waals surface area contributed by atoms with Crippen LogP contribution in [-0.4, -0.2) is 29.3 Å². The predicted octanol–water partition coefficient (Wildman–Crippen LogP) is 2.20. The van der Waals surface area contributed by atoms with Crippen LogP contribution in [0.2, 0.25) is 0 Å². The number of non-ortho nitro benzene ring substituents is 1. The first kappa shape index (κ1) is 18.4. The fourth-order valence-corrected chi connectivity index (χ4v) is 2.70. The number of allylic oxidation sites excluding steroid dienone is 1. The third-order valence-electron chi connectivity index (χ3n) is 3.98. The first-order valence-electron chi connectivity index (χ1n) is 8.13. The first-order chi connectivity index (χ1) is 12.0. The summed E-state index contributed by atoms with van der Waals surface area (Å²) in [5, 5.41) is 16.3. The summed E-state index contributed by atoms with van der Waals surface area (Å²) >= 11 is 0. The van der Waals surface area contributed by atoms with Gasteiger partial charge in [-0.15, -0.1) is 0 Å². The van der Waals surface area contributed by atoms with E-state index in [2.05, 4.69) is 10.6 Å². The lowest BCUT2D eigenvalue weighted by atomic mass is 9.98. The second-order valence-electron chi connectivity index (χ2n) is 5.84. The van der Waals surface area contributed by atoms with Gasteiger partial charge in [0.1, 0.15) is 0 Å². The lowest BCUT2D eigenvalue weighted by Crippen LogP contribution is -2.35. The third-order valence-corrected chi connectivity index (χ3v) is 3.98. The van der Waals surface area contributed by atoms with Crippen LogP contribution in [-0.2, 0) is 9.59 Å². The van der Waals surface area contributed by atoms with Gasteiger partial charge in [0.25, 0.3) is 5.69 Å². The third kappa shape index (κ3) is 5.56. The monoisotopic (exact) mass is 343 g/mol. The normalized spacial score (nSPS) is 18.4. The summed E-state index contributed by atoms with van der Waals surface area (Å²) in [7, 11) is 0. The quantitative estimate of drug-likeness (QED) is 0.343. The smallest absolute Gasteiger partial charge is 0.269 e. The molecule has 0 bridgehead atoms. The molecule has 2 N–H and O–H groups in total. The van der Waals surface area contributed by atoms with Crippen molar-refractivity contribution in [1.82, 2.24) is 10.6 Å². The molecule has 1 heterocycles. The lowest BCUT2D eigenvalue weighted by Gasteiger charge is -2.16. The molecule has 2 amide bonds. The molecule has 0 radical (unpaired) electrons. The Labute approximate surface area is 146 Å². The number of carbonyl (C=O) groups excluding carboxylic acids is 2. The predicted molar refractivity (Wildman–Crippen MR) is 94.6 cm³/mol. The van der Waals surface area contributed by atoms with Gasteiger partial charge in [0.2, 0.25) is 11.8 Å². The van der Waals surface area contributed by atoms with E-state index in [1.165, 1.54) is 18.2 Å². The molecule has 1 aliphatic rings. The maximum atomic E-state index is 12.1. The van der Waals surface area contributed by atoms with E-state index in [9.17, 15) is 19.7 Å². The topological polar surface area (TPSA) is 101 Å². The maximum Gasteiger partial charge on any atom is 0.269 e. The van der Waals surface area contributed by atoms with Crippen molar-refractivity contribution in [1.29, 1.82) is 0 Å². The van der Waals surface area contributed by atoms with Crippen molar-refractivity contribution in [3.63, 3.8) is 0 Å². The number of hydrogen-bond acceptors (Lipinski definition) is 4. The Morgan fingerprint density at radius 2 is 2.16 bits per heavy atom. The molecule has 2 atom stereocenters. The molecule has 1 aliphatic heterocycles. The molecule has 7 nitrogen and oxygen atoms in total. The number of amides is 2. The van der Waals surface area contributed by atoms with Gasteiger partial charge in [0, 0.05) is 36.7 Å². The van der Waals surface area contributed by atoms with Crippen molar-refractivity contribution < 1.29 is 14.5 Å². The first-order valence-corrected chi connectivity index (χ1v) is 8.13. The highest BCUT2D eigenvalue weighted by Gasteiger charge is 2.26. The van der Waals surface area contributed by atoms with Gasteiger partial charge in [-0.2, -0.15) is 0 Å². The largest absolute Gasteiger partial charge is 0.356 e. The minimum atomic E-state index is -0.471.